The van der Waals surface area contributed by atoms with Crippen molar-refractivity contribution < 1.29 is 4.52 Å². The molecule has 0 fully saturated rings. The number of aromatic nitrogens is 1. The molecule has 28 heavy (non-hydrogen) atoms. The quantitative estimate of drug-likeness (QED) is 0.276. The van der Waals surface area contributed by atoms with E-state index in [0.717, 1.165) is 31.2 Å². The maximum absolute atomic E-state index is 4.86. The largest absolute Gasteiger partial charge is 0.364 e. The fourth-order valence-electron chi connectivity index (χ4n) is 3.05. The Hall–Kier alpha value is -2.35. The van der Waals surface area contributed by atoms with Gasteiger partial charge in [-0.25, -0.2) is 4.99 Å². The van der Waals surface area contributed by atoms with E-state index in [9.17, 15) is 0 Å². The number of benzene rings is 2. The van der Waals surface area contributed by atoms with Crippen LogP contribution in [0.1, 0.15) is 36.1 Å². The molecule has 5 nitrogen and oxygen atoms in total. The topological polar surface area (TPSA) is 62.5 Å². The van der Waals surface area contributed by atoms with Crippen molar-refractivity contribution in [2.45, 2.75) is 25.8 Å². The van der Waals surface area contributed by atoms with Crippen LogP contribution in [0.3, 0.4) is 0 Å². The number of rotatable bonds is 8. The van der Waals surface area contributed by atoms with Crippen LogP contribution in [0.5, 0.6) is 0 Å². The molecule has 0 unspecified atom stereocenters. The minimum Gasteiger partial charge on any atom is -0.364 e. The Morgan fingerprint density at radius 2 is 1.61 bits per heavy atom. The third-order valence-electron chi connectivity index (χ3n) is 4.36. The molecule has 0 atom stereocenters. The smallest absolute Gasteiger partial charge is 0.191 e. The summed E-state index contributed by atoms with van der Waals surface area (Å²) in [6.07, 6.45) is 2.54. The summed E-state index contributed by atoms with van der Waals surface area (Å²) >= 11 is 0. The molecule has 0 saturated carbocycles. The molecule has 0 bridgehead atoms. The maximum Gasteiger partial charge on any atom is 0.191 e. The van der Waals surface area contributed by atoms with Crippen molar-refractivity contribution >= 4 is 29.9 Å². The Labute approximate surface area is 183 Å². The first kappa shape index (κ1) is 21.9. The summed E-state index contributed by atoms with van der Waals surface area (Å²) in [5.41, 5.74) is 3.48. The molecule has 6 heteroatoms. The van der Waals surface area contributed by atoms with Crippen molar-refractivity contribution in [3.63, 3.8) is 0 Å². The second-order valence-corrected chi connectivity index (χ2v) is 6.28. The Kier molecular flexibility index (Phi) is 9.54. The molecule has 148 valence electrons. The molecule has 0 aliphatic heterocycles. The van der Waals surface area contributed by atoms with E-state index in [1.54, 1.807) is 6.26 Å². The fraction of sp³-hybridized carbons (Fsp3) is 0.273. The highest BCUT2D eigenvalue weighted by Gasteiger charge is 2.13. The van der Waals surface area contributed by atoms with Crippen LogP contribution in [0.15, 0.2) is 82.5 Å². The van der Waals surface area contributed by atoms with Gasteiger partial charge in [0.15, 0.2) is 5.96 Å². The van der Waals surface area contributed by atoms with Gasteiger partial charge in [-0.05, 0) is 24.5 Å². The number of guanidine groups is 1. The molecule has 1 heterocycles. The van der Waals surface area contributed by atoms with E-state index in [1.165, 1.54) is 11.1 Å². The molecular formula is C22H27IN4O. The molecule has 3 aromatic rings. The summed E-state index contributed by atoms with van der Waals surface area (Å²) in [6.45, 7) is 4.18. The first-order valence-corrected chi connectivity index (χ1v) is 9.38. The van der Waals surface area contributed by atoms with E-state index < -0.39 is 0 Å². The molecule has 0 amide bonds. The van der Waals surface area contributed by atoms with Crippen LogP contribution in [0.25, 0.3) is 0 Å². The van der Waals surface area contributed by atoms with E-state index in [0.29, 0.717) is 12.5 Å². The zero-order valence-corrected chi connectivity index (χ0v) is 18.4. The van der Waals surface area contributed by atoms with Crippen molar-refractivity contribution in [1.29, 1.82) is 0 Å². The van der Waals surface area contributed by atoms with Crippen molar-refractivity contribution in [2.24, 2.45) is 4.99 Å². The van der Waals surface area contributed by atoms with Crippen molar-refractivity contribution in [1.82, 2.24) is 15.8 Å². The fourth-order valence-corrected chi connectivity index (χ4v) is 3.05. The average molecular weight is 490 g/mol. The minimum absolute atomic E-state index is 0. The van der Waals surface area contributed by atoms with E-state index in [-0.39, 0.29) is 24.0 Å². The zero-order chi connectivity index (χ0) is 18.7. The van der Waals surface area contributed by atoms with Crippen LogP contribution in [0.2, 0.25) is 0 Å². The van der Waals surface area contributed by atoms with Gasteiger partial charge >= 0.3 is 0 Å². The molecule has 2 aromatic carbocycles. The normalized spacial score (nSPS) is 11.1. The third kappa shape index (κ3) is 6.67. The maximum atomic E-state index is 4.86. The zero-order valence-electron chi connectivity index (χ0n) is 16.0. The van der Waals surface area contributed by atoms with Gasteiger partial charge in [0.25, 0.3) is 0 Å². The average Bonchev–Trinajstić information content (AvgIpc) is 3.24. The molecule has 0 aliphatic rings. The van der Waals surface area contributed by atoms with Gasteiger partial charge in [-0.2, -0.15) is 0 Å². The van der Waals surface area contributed by atoms with Crippen LogP contribution >= 0.6 is 24.0 Å². The first-order valence-electron chi connectivity index (χ1n) is 9.38. The van der Waals surface area contributed by atoms with Gasteiger partial charge < -0.3 is 15.2 Å². The van der Waals surface area contributed by atoms with Crippen LogP contribution < -0.4 is 10.6 Å². The number of nitrogens with one attached hydrogen (secondary N) is 2. The molecule has 0 spiro atoms. The summed E-state index contributed by atoms with van der Waals surface area (Å²) in [7, 11) is 0. The third-order valence-corrected chi connectivity index (χ3v) is 4.36. The molecule has 0 aliphatic carbocycles. The molecular weight excluding hydrogens is 463 g/mol. The second-order valence-electron chi connectivity index (χ2n) is 6.28. The Balaban J connectivity index is 0.00000280. The van der Waals surface area contributed by atoms with Crippen LogP contribution in [0, 0.1) is 0 Å². The van der Waals surface area contributed by atoms with Crippen LogP contribution in [0.4, 0.5) is 0 Å². The van der Waals surface area contributed by atoms with E-state index in [1.807, 2.05) is 6.07 Å². The summed E-state index contributed by atoms with van der Waals surface area (Å²) in [4.78, 5) is 4.57. The SMILES string of the molecule is CCNC(=NCc1ccon1)NCCC(c1ccccc1)c1ccccc1.I. The number of aliphatic imine (C=N–C) groups is 1. The lowest BCUT2D eigenvalue weighted by molar-refractivity contribution is 0.412. The predicted octanol–water partition coefficient (Wildman–Crippen LogP) is 4.57. The minimum atomic E-state index is 0. The van der Waals surface area contributed by atoms with Gasteiger partial charge in [-0.1, -0.05) is 65.8 Å². The van der Waals surface area contributed by atoms with Crippen molar-refractivity contribution in [2.75, 3.05) is 13.1 Å². The van der Waals surface area contributed by atoms with Gasteiger partial charge in [0, 0.05) is 25.1 Å². The van der Waals surface area contributed by atoms with Crippen molar-refractivity contribution in [3.05, 3.63) is 89.8 Å². The second kappa shape index (κ2) is 12.2. The highest BCUT2D eigenvalue weighted by Crippen LogP contribution is 2.27. The predicted molar refractivity (Wildman–Crippen MR) is 124 cm³/mol. The summed E-state index contributed by atoms with van der Waals surface area (Å²) in [5, 5.41) is 10.6. The molecule has 3 rings (SSSR count). The Morgan fingerprint density at radius 1 is 0.964 bits per heavy atom. The molecule has 1 aromatic heterocycles. The molecule has 2 N–H and O–H groups in total. The lowest BCUT2D eigenvalue weighted by Crippen LogP contribution is -2.38. The highest BCUT2D eigenvalue weighted by atomic mass is 127. The van der Waals surface area contributed by atoms with Gasteiger partial charge in [-0.3, -0.25) is 0 Å². The number of halogens is 1. The number of nitrogens with zero attached hydrogens (tertiary/aromatic N) is 2. The summed E-state index contributed by atoms with van der Waals surface area (Å²) in [5.74, 6) is 1.14. The number of hydrogen-bond acceptors (Lipinski definition) is 3. The van der Waals surface area contributed by atoms with Crippen molar-refractivity contribution in [3.8, 4) is 0 Å². The first-order chi connectivity index (χ1) is 13.4. The molecule has 0 saturated heterocycles. The number of hydrogen-bond donors (Lipinski definition) is 2. The lowest BCUT2D eigenvalue weighted by atomic mass is 9.88. The van der Waals surface area contributed by atoms with Gasteiger partial charge in [0.1, 0.15) is 12.0 Å². The van der Waals surface area contributed by atoms with E-state index in [2.05, 4.69) is 88.4 Å². The lowest BCUT2D eigenvalue weighted by Gasteiger charge is -2.19. The summed E-state index contributed by atoms with van der Waals surface area (Å²) < 4.78 is 4.86. The van der Waals surface area contributed by atoms with Crippen LogP contribution in [-0.4, -0.2) is 24.2 Å². The standard InChI is InChI=1S/C22H26N4O.HI/c1-2-23-22(25-17-20-14-16-27-26-20)24-15-13-21(18-9-5-3-6-10-18)19-11-7-4-8-12-19;/h3-12,14,16,21H,2,13,15,17H2,1H3,(H2,23,24,25);1H. The Bertz CT molecular complexity index is 768. The molecule has 0 radical (unpaired) electrons. The van der Waals surface area contributed by atoms with Crippen LogP contribution in [-0.2, 0) is 6.54 Å². The van der Waals surface area contributed by atoms with Gasteiger partial charge in [0.05, 0.1) is 6.54 Å². The van der Waals surface area contributed by atoms with E-state index in [4.69, 9.17) is 4.52 Å². The van der Waals surface area contributed by atoms with Gasteiger partial charge in [0.2, 0.25) is 0 Å². The highest BCUT2D eigenvalue weighted by molar-refractivity contribution is 14.0. The monoisotopic (exact) mass is 490 g/mol. The summed E-state index contributed by atoms with van der Waals surface area (Å²) in [6, 6.07) is 23.1. The Morgan fingerprint density at radius 3 is 2.14 bits per heavy atom. The van der Waals surface area contributed by atoms with Gasteiger partial charge in [-0.15, -0.1) is 24.0 Å². The van der Waals surface area contributed by atoms with E-state index >= 15 is 0 Å².